The van der Waals surface area contributed by atoms with E-state index in [2.05, 4.69) is 9.71 Å². The van der Waals surface area contributed by atoms with Gasteiger partial charge in [0.25, 0.3) is 0 Å². The van der Waals surface area contributed by atoms with Gasteiger partial charge >= 0.3 is 0 Å². The molecule has 2 rings (SSSR count). The summed E-state index contributed by atoms with van der Waals surface area (Å²) in [5.74, 6) is 0. The summed E-state index contributed by atoms with van der Waals surface area (Å²) in [4.78, 5) is 3.76. The maximum absolute atomic E-state index is 12.2. The van der Waals surface area contributed by atoms with Crippen LogP contribution < -0.4 is 4.72 Å². The van der Waals surface area contributed by atoms with Gasteiger partial charge in [-0.1, -0.05) is 35.9 Å². The molecule has 0 unspecified atom stereocenters. The Hall–Kier alpha value is -1.47. The third kappa shape index (κ3) is 4.01. The summed E-state index contributed by atoms with van der Waals surface area (Å²) in [7, 11) is -2.11. The van der Waals surface area contributed by atoms with E-state index < -0.39 is 10.0 Å². The predicted molar refractivity (Wildman–Crippen MR) is 80.4 cm³/mol. The van der Waals surface area contributed by atoms with Crippen LogP contribution in [0.3, 0.4) is 0 Å². The fourth-order valence-corrected chi connectivity index (χ4v) is 3.27. The van der Waals surface area contributed by atoms with Gasteiger partial charge in [0.05, 0.1) is 11.6 Å². The molecular weight excluding hydrogens is 312 g/mol. The van der Waals surface area contributed by atoms with E-state index in [-0.39, 0.29) is 16.5 Å². The highest BCUT2D eigenvalue weighted by atomic mass is 35.5. The van der Waals surface area contributed by atoms with Crippen LogP contribution in [0.1, 0.15) is 11.1 Å². The maximum atomic E-state index is 12.2. The third-order valence-corrected chi connectivity index (χ3v) is 4.76. The van der Waals surface area contributed by atoms with E-state index >= 15 is 0 Å². The molecule has 0 radical (unpaired) electrons. The average Bonchev–Trinajstić information content (AvgIpc) is 2.47. The quantitative estimate of drug-likeness (QED) is 0.884. The molecule has 0 aliphatic heterocycles. The zero-order valence-electron chi connectivity index (χ0n) is 11.4. The van der Waals surface area contributed by atoms with Crippen molar-refractivity contribution in [3.63, 3.8) is 0 Å². The zero-order valence-corrected chi connectivity index (χ0v) is 13.0. The van der Waals surface area contributed by atoms with Crippen LogP contribution in [0, 0.1) is 0 Å². The molecule has 5 nitrogen and oxygen atoms in total. The number of benzene rings is 1. The Labute approximate surface area is 129 Å². The standard InChI is InChI=1S/C14H15ClN2O3S/c1-20-10-12-5-3-2-4-11(12)8-17-21(18,19)14-9-16-7-6-13(14)15/h2-7,9,17H,8,10H2,1H3. The first kappa shape index (κ1) is 15.9. The highest BCUT2D eigenvalue weighted by Crippen LogP contribution is 2.19. The predicted octanol–water partition coefficient (Wildman–Crippen LogP) is 2.36. The van der Waals surface area contributed by atoms with Gasteiger partial charge in [-0.3, -0.25) is 4.98 Å². The molecule has 0 aliphatic carbocycles. The second-order valence-corrected chi connectivity index (χ2v) is 6.47. The van der Waals surface area contributed by atoms with Gasteiger partial charge in [-0.05, 0) is 17.2 Å². The molecule has 0 bridgehead atoms. The van der Waals surface area contributed by atoms with Crippen LogP contribution in [0.4, 0.5) is 0 Å². The molecule has 7 heteroatoms. The maximum Gasteiger partial charge on any atom is 0.243 e. The Kier molecular flexibility index (Phi) is 5.30. The number of ether oxygens (including phenoxy) is 1. The molecule has 0 saturated carbocycles. The normalized spacial score (nSPS) is 11.5. The molecule has 112 valence electrons. The topological polar surface area (TPSA) is 68.3 Å². The molecule has 1 N–H and O–H groups in total. The van der Waals surface area contributed by atoms with Crippen molar-refractivity contribution < 1.29 is 13.2 Å². The number of aromatic nitrogens is 1. The van der Waals surface area contributed by atoms with Gasteiger partial charge < -0.3 is 4.74 Å². The Balaban J connectivity index is 2.18. The highest BCUT2D eigenvalue weighted by molar-refractivity contribution is 7.89. The van der Waals surface area contributed by atoms with Gasteiger partial charge in [-0.2, -0.15) is 0 Å². The second-order valence-electron chi connectivity index (χ2n) is 4.33. The van der Waals surface area contributed by atoms with Gasteiger partial charge in [0, 0.05) is 26.0 Å². The first-order valence-corrected chi connectivity index (χ1v) is 8.05. The van der Waals surface area contributed by atoms with Crippen molar-refractivity contribution in [2.75, 3.05) is 7.11 Å². The summed E-state index contributed by atoms with van der Waals surface area (Å²) in [5, 5.41) is 0.141. The molecule has 1 aromatic carbocycles. The van der Waals surface area contributed by atoms with E-state index in [1.54, 1.807) is 7.11 Å². The molecule has 0 saturated heterocycles. The molecule has 0 aliphatic rings. The number of sulfonamides is 1. The van der Waals surface area contributed by atoms with E-state index in [4.69, 9.17) is 16.3 Å². The van der Waals surface area contributed by atoms with Crippen LogP contribution in [-0.2, 0) is 27.9 Å². The number of hydrogen-bond donors (Lipinski definition) is 1. The Morgan fingerprint density at radius 3 is 2.62 bits per heavy atom. The van der Waals surface area contributed by atoms with Crippen LogP contribution in [0.25, 0.3) is 0 Å². The molecular formula is C14H15ClN2O3S. The van der Waals surface area contributed by atoms with E-state index in [0.29, 0.717) is 6.61 Å². The third-order valence-electron chi connectivity index (χ3n) is 2.89. The average molecular weight is 327 g/mol. The van der Waals surface area contributed by atoms with Crippen LogP contribution in [0.15, 0.2) is 47.6 Å². The minimum absolute atomic E-state index is 0.0316. The largest absolute Gasteiger partial charge is 0.380 e. The van der Waals surface area contributed by atoms with Crippen molar-refractivity contribution in [3.05, 3.63) is 58.9 Å². The van der Waals surface area contributed by atoms with E-state index in [1.807, 2.05) is 24.3 Å². The summed E-state index contributed by atoms with van der Waals surface area (Å²) >= 11 is 5.89. The SMILES string of the molecule is COCc1ccccc1CNS(=O)(=O)c1cnccc1Cl. The van der Waals surface area contributed by atoms with Gasteiger partial charge in [-0.15, -0.1) is 0 Å². The number of halogens is 1. The van der Waals surface area contributed by atoms with Crippen LogP contribution >= 0.6 is 11.6 Å². The van der Waals surface area contributed by atoms with Crippen LogP contribution in [0.5, 0.6) is 0 Å². The first-order valence-electron chi connectivity index (χ1n) is 6.19. The zero-order chi connectivity index (χ0) is 15.3. The van der Waals surface area contributed by atoms with Crippen LogP contribution in [-0.4, -0.2) is 20.5 Å². The molecule has 0 atom stereocenters. The Morgan fingerprint density at radius 2 is 1.95 bits per heavy atom. The fraction of sp³-hybridized carbons (Fsp3) is 0.214. The minimum Gasteiger partial charge on any atom is -0.380 e. The molecule has 2 aromatic rings. The smallest absolute Gasteiger partial charge is 0.243 e. The number of hydrogen-bond acceptors (Lipinski definition) is 4. The first-order chi connectivity index (χ1) is 10.0. The second kappa shape index (κ2) is 7.00. The lowest BCUT2D eigenvalue weighted by molar-refractivity contribution is 0.184. The monoisotopic (exact) mass is 326 g/mol. The van der Waals surface area contributed by atoms with Crippen molar-refractivity contribution in [1.82, 2.24) is 9.71 Å². The minimum atomic E-state index is -3.71. The number of pyridine rings is 1. The van der Waals surface area contributed by atoms with Gasteiger partial charge in [0.15, 0.2) is 0 Å². The van der Waals surface area contributed by atoms with E-state index in [0.717, 1.165) is 11.1 Å². The summed E-state index contributed by atoms with van der Waals surface area (Å²) in [6, 6.07) is 8.91. The lowest BCUT2D eigenvalue weighted by Gasteiger charge is -2.11. The Morgan fingerprint density at radius 1 is 1.24 bits per heavy atom. The molecule has 0 amide bonds. The summed E-state index contributed by atoms with van der Waals surface area (Å²) in [6.07, 6.45) is 2.67. The van der Waals surface area contributed by atoms with Crippen molar-refractivity contribution in [3.8, 4) is 0 Å². The van der Waals surface area contributed by atoms with Crippen molar-refractivity contribution in [2.45, 2.75) is 18.0 Å². The highest BCUT2D eigenvalue weighted by Gasteiger charge is 2.18. The van der Waals surface area contributed by atoms with Crippen molar-refractivity contribution in [2.24, 2.45) is 0 Å². The molecule has 1 aromatic heterocycles. The molecule has 21 heavy (non-hydrogen) atoms. The molecule has 0 spiro atoms. The summed E-state index contributed by atoms with van der Waals surface area (Å²) in [6.45, 7) is 0.582. The summed E-state index contributed by atoms with van der Waals surface area (Å²) < 4.78 is 32.1. The van der Waals surface area contributed by atoms with Crippen LogP contribution in [0.2, 0.25) is 5.02 Å². The molecule has 1 heterocycles. The number of nitrogens with one attached hydrogen (secondary N) is 1. The van der Waals surface area contributed by atoms with Gasteiger partial charge in [-0.25, -0.2) is 13.1 Å². The lowest BCUT2D eigenvalue weighted by atomic mass is 10.1. The van der Waals surface area contributed by atoms with Gasteiger partial charge in [0.1, 0.15) is 4.90 Å². The lowest BCUT2D eigenvalue weighted by Crippen LogP contribution is -2.24. The number of rotatable bonds is 6. The van der Waals surface area contributed by atoms with E-state index in [9.17, 15) is 8.42 Å². The Bertz CT molecular complexity index is 720. The fourth-order valence-electron chi connectivity index (χ4n) is 1.84. The van der Waals surface area contributed by atoms with Crippen molar-refractivity contribution >= 4 is 21.6 Å². The number of nitrogens with zero attached hydrogens (tertiary/aromatic N) is 1. The van der Waals surface area contributed by atoms with E-state index in [1.165, 1.54) is 18.5 Å². The van der Waals surface area contributed by atoms with Gasteiger partial charge in [0.2, 0.25) is 10.0 Å². The molecule has 0 fully saturated rings. The number of methoxy groups -OCH3 is 1. The summed E-state index contributed by atoms with van der Waals surface area (Å²) in [5.41, 5.74) is 1.78. The van der Waals surface area contributed by atoms with Crippen molar-refractivity contribution in [1.29, 1.82) is 0 Å².